The number of hydrogen-bond donors (Lipinski definition) is 0. The van der Waals surface area contributed by atoms with Gasteiger partial charge in [-0.15, -0.1) is 0 Å². The van der Waals surface area contributed by atoms with Crippen molar-refractivity contribution in [1.29, 1.82) is 0 Å². The van der Waals surface area contributed by atoms with Crippen LogP contribution in [0.1, 0.15) is 11.3 Å². The van der Waals surface area contributed by atoms with Crippen molar-refractivity contribution in [3.63, 3.8) is 0 Å². The molecule has 14 heavy (non-hydrogen) atoms. The van der Waals surface area contributed by atoms with Gasteiger partial charge in [0.15, 0.2) is 0 Å². The fourth-order valence-electron chi connectivity index (χ4n) is 1.18. The zero-order valence-electron chi connectivity index (χ0n) is 7.85. The molecule has 0 aliphatic rings. The molecular formula is C9H10F3NO. The van der Waals surface area contributed by atoms with E-state index in [1.54, 1.807) is 6.92 Å². The minimum Gasteiger partial charge on any atom is -0.315 e. The lowest BCUT2D eigenvalue weighted by molar-refractivity contribution is -0.128. The number of hydrogen-bond acceptors (Lipinski definition) is 1. The zero-order valence-corrected chi connectivity index (χ0v) is 7.85. The number of nitrogens with zero attached hydrogens (tertiary/aromatic N) is 1. The number of rotatable bonds is 1. The number of aromatic nitrogens is 1. The van der Waals surface area contributed by atoms with Crippen molar-refractivity contribution in [1.82, 2.24) is 4.57 Å². The highest BCUT2D eigenvalue weighted by Crippen LogP contribution is 2.20. The maximum atomic E-state index is 12.0. The molecule has 0 N–H and O–H groups in total. The van der Waals surface area contributed by atoms with Crippen LogP contribution in [0.4, 0.5) is 13.2 Å². The van der Waals surface area contributed by atoms with Crippen LogP contribution in [0.25, 0.3) is 0 Å². The van der Waals surface area contributed by atoms with E-state index in [0.717, 1.165) is 4.57 Å². The van der Waals surface area contributed by atoms with Crippen molar-refractivity contribution in [2.75, 3.05) is 0 Å². The Morgan fingerprint density at radius 1 is 1.36 bits per heavy atom. The molecular weight excluding hydrogens is 195 g/mol. The molecule has 0 saturated heterocycles. The number of aryl methyl sites for hydroxylation is 1. The van der Waals surface area contributed by atoms with Gasteiger partial charge in [-0.1, -0.05) is 6.07 Å². The molecule has 0 aromatic carbocycles. The van der Waals surface area contributed by atoms with E-state index in [1.165, 1.54) is 19.2 Å². The summed E-state index contributed by atoms with van der Waals surface area (Å²) in [7, 11) is 1.34. The van der Waals surface area contributed by atoms with Crippen LogP contribution in [0.2, 0.25) is 0 Å². The van der Waals surface area contributed by atoms with E-state index in [2.05, 4.69) is 0 Å². The van der Waals surface area contributed by atoms with Crippen LogP contribution < -0.4 is 5.56 Å². The van der Waals surface area contributed by atoms with Crippen LogP contribution in [0.5, 0.6) is 0 Å². The third-order valence-corrected chi connectivity index (χ3v) is 1.98. The highest BCUT2D eigenvalue weighted by Gasteiger charge is 2.28. The summed E-state index contributed by atoms with van der Waals surface area (Å²) in [6.45, 7) is 1.57. The lowest BCUT2D eigenvalue weighted by atomic mass is 10.2. The molecule has 5 heteroatoms. The van der Waals surface area contributed by atoms with Crippen LogP contribution in [-0.4, -0.2) is 10.7 Å². The van der Waals surface area contributed by atoms with Gasteiger partial charge in [0.05, 0.1) is 6.42 Å². The Balaban J connectivity index is 3.13. The molecule has 0 bridgehead atoms. The summed E-state index contributed by atoms with van der Waals surface area (Å²) in [5.41, 5.74) is 0.0401. The molecule has 0 aliphatic heterocycles. The third kappa shape index (κ3) is 2.37. The third-order valence-electron chi connectivity index (χ3n) is 1.98. The Morgan fingerprint density at radius 3 is 2.43 bits per heavy atom. The molecule has 1 heterocycles. The molecule has 0 amide bonds. The van der Waals surface area contributed by atoms with E-state index in [4.69, 9.17) is 0 Å². The van der Waals surface area contributed by atoms with E-state index in [9.17, 15) is 18.0 Å². The molecule has 78 valence electrons. The van der Waals surface area contributed by atoms with E-state index in [-0.39, 0.29) is 11.3 Å². The zero-order chi connectivity index (χ0) is 10.9. The van der Waals surface area contributed by atoms with E-state index in [0.29, 0.717) is 5.56 Å². The van der Waals surface area contributed by atoms with E-state index in [1.807, 2.05) is 0 Å². The Labute approximate surface area is 79.0 Å². The first-order valence-corrected chi connectivity index (χ1v) is 4.03. The summed E-state index contributed by atoms with van der Waals surface area (Å²) in [4.78, 5) is 11.3. The Kier molecular flexibility index (Phi) is 2.69. The van der Waals surface area contributed by atoms with Gasteiger partial charge >= 0.3 is 6.18 Å². The SMILES string of the molecule is Cc1ccc(CC(F)(F)F)n(C)c1=O. The fourth-order valence-corrected chi connectivity index (χ4v) is 1.18. The fraction of sp³-hybridized carbons (Fsp3) is 0.444. The predicted molar refractivity (Wildman–Crippen MR) is 46.2 cm³/mol. The molecule has 2 nitrogen and oxygen atoms in total. The van der Waals surface area contributed by atoms with Gasteiger partial charge in [0.1, 0.15) is 0 Å². The van der Waals surface area contributed by atoms with Gasteiger partial charge in [-0.05, 0) is 13.0 Å². The first-order chi connectivity index (χ1) is 6.31. The number of pyridine rings is 1. The minimum absolute atomic E-state index is 0.0203. The molecule has 1 aromatic rings. The van der Waals surface area contributed by atoms with Gasteiger partial charge in [-0.3, -0.25) is 4.79 Å². The van der Waals surface area contributed by atoms with Gasteiger partial charge in [0, 0.05) is 18.3 Å². The summed E-state index contributed by atoms with van der Waals surface area (Å²) in [6, 6.07) is 2.73. The molecule has 0 atom stereocenters. The second-order valence-corrected chi connectivity index (χ2v) is 3.16. The molecule has 1 rings (SSSR count). The topological polar surface area (TPSA) is 22.0 Å². The normalized spacial score (nSPS) is 11.8. The summed E-state index contributed by atoms with van der Waals surface area (Å²) in [5.74, 6) is 0. The van der Waals surface area contributed by atoms with Crippen molar-refractivity contribution in [2.45, 2.75) is 19.5 Å². The average Bonchev–Trinajstić information content (AvgIpc) is 2.04. The van der Waals surface area contributed by atoms with Crippen molar-refractivity contribution in [3.8, 4) is 0 Å². The predicted octanol–water partition coefficient (Wildman–Crippen LogP) is 1.80. The molecule has 0 saturated carbocycles. The second kappa shape index (κ2) is 3.48. The lowest BCUT2D eigenvalue weighted by Gasteiger charge is -2.10. The molecule has 0 fully saturated rings. The number of halogens is 3. The van der Waals surface area contributed by atoms with Crippen LogP contribution in [0.15, 0.2) is 16.9 Å². The van der Waals surface area contributed by atoms with Gasteiger partial charge < -0.3 is 4.57 Å². The van der Waals surface area contributed by atoms with Gasteiger partial charge in [-0.25, -0.2) is 0 Å². The first kappa shape index (κ1) is 10.8. The van der Waals surface area contributed by atoms with Crippen LogP contribution in [0, 0.1) is 6.92 Å². The van der Waals surface area contributed by atoms with E-state index < -0.39 is 12.6 Å². The van der Waals surface area contributed by atoms with Gasteiger partial charge in [-0.2, -0.15) is 13.2 Å². The van der Waals surface area contributed by atoms with Crippen molar-refractivity contribution >= 4 is 0 Å². The monoisotopic (exact) mass is 205 g/mol. The Hall–Kier alpha value is -1.26. The highest BCUT2D eigenvalue weighted by molar-refractivity contribution is 5.15. The largest absolute Gasteiger partial charge is 0.394 e. The molecule has 0 unspecified atom stereocenters. The summed E-state index contributed by atoms with van der Waals surface area (Å²) < 4.78 is 37.1. The Morgan fingerprint density at radius 2 is 1.93 bits per heavy atom. The summed E-state index contributed by atoms with van der Waals surface area (Å²) >= 11 is 0. The highest BCUT2D eigenvalue weighted by atomic mass is 19.4. The second-order valence-electron chi connectivity index (χ2n) is 3.16. The van der Waals surface area contributed by atoms with Crippen molar-refractivity contribution in [2.24, 2.45) is 7.05 Å². The van der Waals surface area contributed by atoms with Gasteiger partial charge in [0.2, 0.25) is 0 Å². The molecule has 1 aromatic heterocycles. The lowest BCUT2D eigenvalue weighted by Crippen LogP contribution is -2.25. The maximum Gasteiger partial charge on any atom is 0.394 e. The molecule has 0 aliphatic carbocycles. The van der Waals surface area contributed by atoms with Crippen LogP contribution >= 0.6 is 0 Å². The Bertz CT molecular complexity index is 392. The molecule has 0 spiro atoms. The number of alkyl halides is 3. The van der Waals surface area contributed by atoms with E-state index >= 15 is 0 Å². The van der Waals surface area contributed by atoms with Crippen molar-refractivity contribution in [3.05, 3.63) is 33.7 Å². The summed E-state index contributed by atoms with van der Waals surface area (Å²) in [6.07, 6.45) is -5.35. The van der Waals surface area contributed by atoms with Crippen molar-refractivity contribution < 1.29 is 13.2 Å². The average molecular weight is 205 g/mol. The maximum absolute atomic E-state index is 12.0. The minimum atomic E-state index is -4.28. The van der Waals surface area contributed by atoms with Crippen LogP contribution in [0.3, 0.4) is 0 Å². The smallest absolute Gasteiger partial charge is 0.315 e. The first-order valence-electron chi connectivity index (χ1n) is 4.03. The standard InChI is InChI=1S/C9H10F3NO/c1-6-3-4-7(5-9(10,11)12)13(2)8(6)14/h3-4H,5H2,1-2H3. The van der Waals surface area contributed by atoms with Gasteiger partial charge in [0.25, 0.3) is 5.56 Å². The summed E-state index contributed by atoms with van der Waals surface area (Å²) in [5, 5.41) is 0. The van der Waals surface area contributed by atoms with Crippen LogP contribution in [-0.2, 0) is 13.5 Å². The molecule has 0 radical (unpaired) electrons. The quantitative estimate of drug-likeness (QED) is 0.685.